The van der Waals surface area contributed by atoms with Crippen LogP contribution < -0.4 is 5.32 Å². The van der Waals surface area contributed by atoms with Crippen LogP contribution in [0.4, 0.5) is 5.69 Å². The fourth-order valence-corrected chi connectivity index (χ4v) is 3.36. The summed E-state index contributed by atoms with van der Waals surface area (Å²) in [6, 6.07) is 13.5. The third-order valence-corrected chi connectivity index (χ3v) is 4.83. The normalized spacial score (nSPS) is 16.7. The van der Waals surface area contributed by atoms with Crippen LogP contribution in [0, 0.1) is 13.8 Å². The molecule has 0 fully saturated rings. The van der Waals surface area contributed by atoms with Crippen molar-refractivity contribution in [1.29, 1.82) is 0 Å². The van der Waals surface area contributed by atoms with Gasteiger partial charge in [-0.1, -0.05) is 36.4 Å². The Kier molecular flexibility index (Phi) is 5.38. The molecule has 3 rings (SSSR count). The molecule has 1 atom stereocenters. The van der Waals surface area contributed by atoms with E-state index in [4.69, 9.17) is 4.74 Å². The summed E-state index contributed by atoms with van der Waals surface area (Å²) in [6.07, 6.45) is 0.555. The molecule has 5 nitrogen and oxygen atoms in total. The van der Waals surface area contributed by atoms with Crippen molar-refractivity contribution in [3.8, 4) is 0 Å². The number of nitrogens with zero attached hydrogens (tertiary/aromatic N) is 1. The van der Waals surface area contributed by atoms with E-state index in [0.29, 0.717) is 13.0 Å². The van der Waals surface area contributed by atoms with Crippen LogP contribution >= 0.6 is 0 Å². The zero-order valence-corrected chi connectivity index (χ0v) is 15.4. The lowest BCUT2D eigenvalue weighted by molar-refractivity contribution is -0.148. The van der Waals surface area contributed by atoms with Crippen LogP contribution in [0.1, 0.15) is 22.3 Å². The van der Waals surface area contributed by atoms with Crippen LogP contribution in [0.25, 0.3) is 0 Å². The zero-order chi connectivity index (χ0) is 18.7. The number of methoxy groups -OCH3 is 1. The van der Waals surface area contributed by atoms with Gasteiger partial charge in [0.15, 0.2) is 0 Å². The summed E-state index contributed by atoms with van der Waals surface area (Å²) in [7, 11) is 1.39. The van der Waals surface area contributed by atoms with Gasteiger partial charge in [-0.3, -0.25) is 14.5 Å². The summed E-state index contributed by atoms with van der Waals surface area (Å²) in [5.41, 5.74) is 5.19. The fraction of sp³-hybridized carbons (Fsp3) is 0.333. The SMILES string of the molecule is COC(=O)[C@H]1Cc2ccccc2CN1CC(=O)Nc1cc(C)ccc1C. The molecule has 0 saturated heterocycles. The second kappa shape index (κ2) is 7.70. The number of anilines is 1. The van der Waals surface area contributed by atoms with E-state index < -0.39 is 6.04 Å². The molecule has 1 aliphatic rings. The molecule has 0 radical (unpaired) electrons. The Bertz CT molecular complexity index is 832. The largest absolute Gasteiger partial charge is 0.468 e. The maximum atomic E-state index is 12.6. The maximum absolute atomic E-state index is 12.6. The quantitative estimate of drug-likeness (QED) is 0.860. The molecule has 26 heavy (non-hydrogen) atoms. The van der Waals surface area contributed by atoms with E-state index in [9.17, 15) is 9.59 Å². The van der Waals surface area contributed by atoms with Crippen LogP contribution in [0.5, 0.6) is 0 Å². The summed E-state index contributed by atoms with van der Waals surface area (Å²) in [4.78, 5) is 26.7. The van der Waals surface area contributed by atoms with E-state index in [0.717, 1.165) is 27.9 Å². The van der Waals surface area contributed by atoms with Gasteiger partial charge in [0.2, 0.25) is 5.91 Å². The van der Waals surface area contributed by atoms with E-state index in [1.165, 1.54) is 7.11 Å². The molecule has 1 N–H and O–H groups in total. The van der Waals surface area contributed by atoms with Crippen molar-refractivity contribution < 1.29 is 14.3 Å². The topological polar surface area (TPSA) is 58.6 Å². The molecule has 0 bridgehead atoms. The van der Waals surface area contributed by atoms with Gasteiger partial charge < -0.3 is 10.1 Å². The number of fused-ring (bicyclic) bond motifs is 1. The molecular formula is C21H24N2O3. The third-order valence-electron chi connectivity index (χ3n) is 4.83. The highest BCUT2D eigenvalue weighted by Gasteiger charge is 2.33. The smallest absolute Gasteiger partial charge is 0.323 e. The predicted octanol–water partition coefficient (Wildman–Crippen LogP) is 2.84. The van der Waals surface area contributed by atoms with Gasteiger partial charge in [-0.25, -0.2) is 0 Å². The van der Waals surface area contributed by atoms with Crippen molar-refractivity contribution in [2.24, 2.45) is 0 Å². The van der Waals surface area contributed by atoms with Crippen molar-refractivity contribution in [2.45, 2.75) is 32.9 Å². The van der Waals surface area contributed by atoms with E-state index in [1.54, 1.807) is 0 Å². The number of benzene rings is 2. The number of nitrogens with one attached hydrogen (secondary N) is 1. The van der Waals surface area contributed by atoms with Gasteiger partial charge in [-0.05, 0) is 48.6 Å². The van der Waals surface area contributed by atoms with Crippen LogP contribution in [0.3, 0.4) is 0 Å². The minimum Gasteiger partial charge on any atom is -0.468 e. The Hall–Kier alpha value is -2.66. The van der Waals surface area contributed by atoms with Crippen LogP contribution in [-0.4, -0.2) is 36.5 Å². The highest BCUT2D eigenvalue weighted by Crippen LogP contribution is 2.24. The van der Waals surface area contributed by atoms with Gasteiger partial charge in [-0.15, -0.1) is 0 Å². The molecule has 0 aromatic heterocycles. The monoisotopic (exact) mass is 352 g/mol. The van der Waals surface area contributed by atoms with E-state index in [2.05, 4.69) is 5.32 Å². The first kappa shape index (κ1) is 18.1. The summed E-state index contributed by atoms with van der Waals surface area (Å²) < 4.78 is 4.96. The number of carbonyl (C=O) groups excluding carboxylic acids is 2. The molecular weight excluding hydrogens is 328 g/mol. The molecule has 136 valence electrons. The average Bonchev–Trinajstić information content (AvgIpc) is 2.63. The Morgan fingerprint density at radius 3 is 2.62 bits per heavy atom. The number of ether oxygens (including phenoxy) is 1. The number of rotatable bonds is 4. The Balaban J connectivity index is 1.76. The molecule has 1 amide bonds. The number of aryl methyl sites for hydroxylation is 2. The first-order valence-electron chi connectivity index (χ1n) is 8.73. The van der Waals surface area contributed by atoms with Crippen molar-refractivity contribution in [3.05, 3.63) is 64.7 Å². The Labute approximate surface area is 154 Å². The van der Waals surface area contributed by atoms with Crippen LogP contribution in [0.15, 0.2) is 42.5 Å². The first-order valence-corrected chi connectivity index (χ1v) is 8.73. The minimum absolute atomic E-state index is 0.132. The Morgan fingerprint density at radius 2 is 1.88 bits per heavy atom. The lowest BCUT2D eigenvalue weighted by Crippen LogP contribution is -2.49. The van der Waals surface area contributed by atoms with Gasteiger partial charge >= 0.3 is 5.97 Å². The summed E-state index contributed by atoms with van der Waals surface area (Å²) in [5.74, 6) is -0.439. The summed E-state index contributed by atoms with van der Waals surface area (Å²) in [5, 5.41) is 2.97. The third kappa shape index (κ3) is 3.94. The number of esters is 1. The van der Waals surface area contributed by atoms with Crippen LogP contribution in [-0.2, 0) is 27.3 Å². The van der Waals surface area contributed by atoms with Crippen molar-refractivity contribution in [2.75, 3.05) is 19.0 Å². The first-order chi connectivity index (χ1) is 12.5. The lowest BCUT2D eigenvalue weighted by atomic mass is 9.94. The van der Waals surface area contributed by atoms with Crippen molar-refractivity contribution in [3.63, 3.8) is 0 Å². The molecule has 0 aliphatic carbocycles. The maximum Gasteiger partial charge on any atom is 0.323 e. The molecule has 1 aliphatic heterocycles. The van der Waals surface area contributed by atoms with Gasteiger partial charge in [0.25, 0.3) is 0 Å². The highest BCUT2D eigenvalue weighted by molar-refractivity contribution is 5.93. The second-order valence-electron chi connectivity index (χ2n) is 6.78. The zero-order valence-electron chi connectivity index (χ0n) is 15.4. The van der Waals surface area contributed by atoms with Gasteiger partial charge in [-0.2, -0.15) is 0 Å². The number of hydrogen-bond donors (Lipinski definition) is 1. The molecule has 1 heterocycles. The van der Waals surface area contributed by atoms with E-state index in [-0.39, 0.29) is 18.4 Å². The van der Waals surface area contributed by atoms with Crippen molar-refractivity contribution in [1.82, 2.24) is 4.90 Å². The van der Waals surface area contributed by atoms with E-state index in [1.807, 2.05) is 61.2 Å². The highest BCUT2D eigenvalue weighted by atomic mass is 16.5. The van der Waals surface area contributed by atoms with Crippen molar-refractivity contribution >= 4 is 17.6 Å². The lowest BCUT2D eigenvalue weighted by Gasteiger charge is -2.34. The number of carbonyl (C=O) groups is 2. The average molecular weight is 352 g/mol. The molecule has 2 aromatic rings. The summed E-state index contributed by atoms with van der Waals surface area (Å²) >= 11 is 0. The van der Waals surface area contributed by atoms with Gasteiger partial charge in [0.1, 0.15) is 6.04 Å². The van der Waals surface area contributed by atoms with Gasteiger partial charge in [0, 0.05) is 12.2 Å². The van der Waals surface area contributed by atoms with Gasteiger partial charge in [0.05, 0.1) is 13.7 Å². The molecule has 0 unspecified atom stereocenters. The van der Waals surface area contributed by atoms with E-state index >= 15 is 0 Å². The number of amides is 1. The molecule has 0 saturated carbocycles. The predicted molar refractivity (Wildman–Crippen MR) is 101 cm³/mol. The minimum atomic E-state index is -0.445. The molecule has 5 heteroatoms. The summed E-state index contributed by atoms with van der Waals surface area (Å²) in [6.45, 7) is 4.64. The second-order valence-corrected chi connectivity index (χ2v) is 6.78. The molecule has 0 spiro atoms. The van der Waals surface area contributed by atoms with Crippen LogP contribution in [0.2, 0.25) is 0 Å². The fourth-order valence-electron chi connectivity index (χ4n) is 3.36. The molecule has 2 aromatic carbocycles. The standard InChI is InChI=1S/C21H24N2O3/c1-14-8-9-15(2)18(10-14)22-20(24)13-23-12-17-7-5-4-6-16(17)11-19(23)21(25)26-3/h4-10,19H,11-13H2,1-3H3,(H,22,24)/t19-/m1/s1. The number of hydrogen-bond acceptors (Lipinski definition) is 4. The Morgan fingerprint density at radius 1 is 1.15 bits per heavy atom.